The molecule has 0 rings (SSSR count). The molecule has 0 aliphatic carbocycles. The highest BCUT2D eigenvalue weighted by atomic mass is 16.4. The second kappa shape index (κ2) is 8.98. The predicted octanol–water partition coefficient (Wildman–Crippen LogP) is -1.82. The summed E-state index contributed by atoms with van der Waals surface area (Å²) in [4.78, 5) is 45.7. The van der Waals surface area contributed by atoms with Crippen molar-refractivity contribution in [3.05, 3.63) is 0 Å². The van der Waals surface area contributed by atoms with Gasteiger partial charge >= 0.3 is 5.97 Å². The lowest BCUT2D eigenvalue weighted by molar-refractivity contribution is -0.138. The number of nitrogens with two attached hydrogens (primary N) is 1. The van der Waals surface area contributed by atoms with Gasteiger partial charge in [0.05, 0.1) is 6.04 Å². The van der Waals surface area contributed by atoms with Crippen molar-refractivity contribution < 1.29 is 24.3 Å². The van der Waals surface area contributed by atoms with Crippen LogP contribution in [0.1, 0.15) is 27.7 Å². The predicted molar refractivity (Wildman–Crippen MR) is 78.7 cm³/mol. The molecule has 9 heteroatoms. The molecule has 3 unspecified atom stereocenters. The van der Waals surface area contributed by atoms with Crippen LogP contribution in [-0.2, 0) is 19.2 Å². The summed E-state index contributed by atoms with van der Waals surface area (Å²) < 4.78 is 0. The standard InChI is InChI=1S/C13H24N4O5/c1-6(2)10(17-11(20)7(3)14)13(22)16-8(4)12(21)15-5-9(18)19/h6-8,10H,5,14H2,1-4H3,(H,15,21)(H,16,22)(H,17,20)(H,18,19). The quantitative estimate of drug-likeness (QED) is 0.356. The van der Waals surface area contributed by atoms with Crippen LogP contribution < -0.4 is 21.7 Å². The zero-order chi connectivity index (χ0) is 17.4. The lowest BCUT2D eigenvalue weighted by Gasteiger charge is -2.24. The number of carboxylic acid groups (broad SMARTS) is 1. The summed E-state index contributed by atoms with van der Waals surface area (Å²) >= 11 is 0. The highest BCUT2D eigenvalue weighted by Crippen LogP contribution is 2.03. The normalized spacial score (nSPS) is 14.6. The first kappa shape index (κ1) is 19.8. The molecule has 0 aliphatic heterocycles. The third-order valence-electron chi connectivity index (χ3n) is 2.83. The van der Waals surface area contributed by atoms with Crippen LogP contribution in [0.3, 0.4) is 0 Å². The first-order valence-corrected chi connectivity index (χ1v) is 6.92. The van der Waals surface area contributed by atoms with Gasteiger partial charge < -0.3 is 26.8 Å². The molecule has 0 aliphatic rings. The summed E-state index contributed by atoms with van der Waals surface area (Å²) in [5.74, 6) is -3.04. The second-order valence-electron chi connectivity index (χ2n) is 5.36. The average molecular weight is 316 g/mol. The van der Waals surface area contributed by atoms with E-state index in [2.05, 4.69) is 16.0 Å². The van der Waals surface area contributed by atoms with Gasteiger partial charge in [-0.15, -0.1) is 0 Å². The monoisotopic (exact) mass is 316 g/mol. The van der Waals surface area contributed by atoms with Crippen LogP contribution in [0.25, 0.3) is 0 Å². The lowest BCUT2D eigenvalue weighted by atomic mass is 10.0. The molecular weight excluding hydrogens is 292 g/mol. The molecule has 0 radical (unpaired) electrons. The molecule has 3 atom stereocenters. The van der Waals surface area contributed by atoms with Gasteiger partial charge in [0.25, 0.3) is 0 Å². The Balaban J connectivity index is 4.65. The van der Waals surface area contributed by atoms with E-state index in [0.29, 0.717) is 0 Å². The molecule has 126 valence electrons. The van der Waals surface area contributed by atoms with Gasteiger partial charge in [-0.05, 0) is 19.8 Å². The third-order valence-corrected chi connectivity index (χ3v) is 2.83. The zero-order valence-corrected chi connectivity index (χ0v) is 13.2. The number of amides is 3. The van der Waals surface area contributed by atoms with Gasteiger partial charge in [-0.25, -0.2) is 0 Å². The maximum Gasteiger partial charge on any atom is 0.322 e. The smallest absolute Gasteiger partial charge is 0.322 e. The van der Waals surface area contributed by atoms with Gasteiger partial charge in [0.2, 0.25) is 17.7 Å². The van der Waals surface area contributed by atoms with Crippen molar-refractivity contribution in [1.29, 1.82) is 0 Å². The zero-order valence-electron chi connectivity index (χ0n) is 13.2. The van der Waals surface area contributed by atoms with Crippen molar-refractivity contribution in [2.45, 2.75) is 45.8 Å². The molecule has 0 saturated heterocycles. The first-order chi connectivity index (χ1) is 10.1. The fourth-order valence-electron chi connectivity index (χ4n) is 1.50. The van der Waals surface area contributed by atoms with Crippen molar-refractivity contribution in [2.24, 2.45) is 11.7 Å². The van der Waals surface area contributed by atoms with E-state index in [1.54, 1.807) is 13.8 Å². The minimum atomic E-state index is -1.18. The topological polar surface area (TPSA) is 151 Å². The van der Waals surface area contributed by atoms with Crippen molar-refractivity contribution in [2.75, 3.05) is 6.54 Å². The Morgan fingerprint density at radius 1 is 0.955 bits per heavy atom. The Morgan fingerprint density at radius 2 is 1.50 bits per heavy atom. The second-order valence-corrected chi connectivity index (χ2v) is 5.36. The van der Waals surface area contributed by atoms with E-state index in [4.69, 9.17) is 10.8 Å². The van der Waals surface area contributed by atoms with Crippen molar-refractivity contribution >= 4 is 23.7 Å². The fraction of sp³-hybridized carbons (Fsp3) is 0.692. The van der Waals surface area contributed by atoms with Gasteiger partial charge in [0.1, 0.15) is 18.6 Å². The van der Waals surface area contributed by atoms with Crippen LogP contribution in [0.4, 0.5) is 0 Å². The molecule has 9 nitrogen and oxygen atoms in total. The average Bonchev–Trinajstić information content (AvgIpc) is 2.40. The minimum absolute atomic E-state index is 0.211. The molecule has 6 N–H and O–H groups in total. The van der Waals surface area contributed by atoms with Gasteiger partial charge in [-0.2, -0.15) is 0 Å². The molecule has 0 bridgehead atoms. The van der Waals surface area contributed by atoms with Gasteiger partial charge in [-0.1, -0.05) is 13.8 Å². The van der Waals surface area contributed by atoms with E-state index in [9.17, 15) is 19.2 Å². The van der Waals surface area contributed by atoms with Crippen LogP contribution >= 0.6 is 0 Å². The Hall–Kier alpha value is -2.16. The molecule has 0 heterocycles. The molecule has 3 amide bonds. The number of carboxylic acids is 1. The van der Waals surface area contributed by atoms with E-state index in [1.807, 2.05) is 0 Å². The number of carbonyl (C=O) groups is 4. The van der Waals surface area contributed by atoms with Crippen LogP contribution in [0.2, 0.25) is 0 Å². The van der Waals surface area contributed by atoms with E-state index >= 15 is 0 Å². The molecule has 0 saturated carbocycles. The van der Waals surface area contributed by atoms with Crippen molar-refractivity contribution in [3.8, 4) is 0 Å². The van der Waals surface area contributed by atoms with Crippen LogP contribution in [0, 0.1) is 5.92 Å². The summed E-state index contributed by atoms with van der Waals surface area (Å²) in [5.41, 5.74) is 5.44. The van der Waals surface area contributed by atoms with Gasteiger partial charge in [-0.3, -0.25) is 19.2 Å². The van der Waals surface area contributed by atoms with Crippen molar-refractivity contribution in [3.63, 3.8) is 0 Å². The summed E-state index contributed by atoms with van der Waals surface area (Å²) in [6, 6.07) is -2.53. The molecule has 0 aromatic heterocycles. The maximum atomic E-state index is 12.1. The summed E-state index contributed by atoms with van der Waals surface area (Å²) in [6.07, 6.45) is 0. The number of hydrogen-bond acceptors (Lipinski definition) is 5. The number of carbonyl (C=O) groups excluding carboxylic acids is 3. The molecule has 22 heavy (non-hydrogen) atoms. The Labute approximate surface area is 129 Å². The Morgan fingerprint density at radius 3 is 1.91 bits per heavy atom. The van der Waals surface area contributed by atoms with E-state index in [-0.39, 0.29) is 5.92 Å². The van der Waals surface area contributed by atoms with Gasteiger partial charge in [0.15, 0.2) is 0 Å². The van der Waals surface area contributed by atoms with E-state index < -0.39 is 48.4 Å². The molecule has 0 spiro atoms. The molecular formula is C13H24N4O5. The number of rotatable bonds is 8. The third kappa shape index (κ3) is 7.02. The highest BCUT2D eigenvalue weighted by molar-refractivity contribution is 5.93. The summed E-state index contributed by atoms with van der Waals surface area (Å²) in [6.45, 7) is 5.85. The maximum absolute atomic E-state index is 12.1. The lowest BCUT2D eigenvalue weighted by Crippen LogP contribution is -2.56. The van der Waals surface area contributed by atoms with E-state index in [1.165, 1.54) is 13.8 Å². The molecule has 0 aromatic rings. The summed E-state index contributed by atoms with van der Waals surface area (Å²) in [7, 11) is 0. The van der Waals surface area contributed by atoms with E-state index in [0.717, 1.165) is 0 Å². The SMILES string of the molecule is CC(N)C(=O)NC(C(=O)NC(C)C(=O)NCC(=O)O)C(C)C. The number of hydrogen-bond donors (Lipinski definition) is 5. The fourth-order valence-corrected chi connectivity index (χ4v) is 1.50. The largest absolute Gasteiger partial charge is 0.480 e. The number of aliphatic carboxylic acids is 1. The summed E-state index contributed by atoms with van der Waals surface area (Å²) in [5, 5.41) is 15.6. The van der Waals surface area contributed by atoms with Crippen LogP contribution in [-0.4, -0.2) is 53.5 Å². The molecule has 0 aromatic carbocycles. The number of nitrogens with one attached hydrogen (secondary N) is 3. The Bertz CT molecular complexity index is 436. The van der Waals surface area contributed by atoms with Crippen LogP contribution in [0.5, 0.6) is 0 Å². The minimum Gasteiger partial charge on any atom is -0.480 e. The highest BCUT2D eigenvalue weighted by Gasteiger charge is 2.27. The first-order valence-electron chi connectivity index (χ1n) is 6.92. The van der Waals surface area contributed by atoms with Gasteiger partial charge in [0, 0.05) is 0 Å². The Kier molecular flexibility index (Phi) is 8.10. The van der Waals surface area contributed by atoms with Crippen LogP contribution in [0.15, 0.2) is 0 Å². The molecule has 0 fully saturated rings. The van der Waals surface area contributed by atoms with Crippen molar-refractivity contribution in [1.82, 2.24) is 16.0 Å².